The SMILES string of the molecule is Cc1nn(C2COC2)cc1Nc1ncc(C(F)(F)F)c(C2CC2)n1. The predicted octanol–water partition coefficient (Wildman–Crippen LogP) is 3.19. The van der Waals surface area contributed by atoms with E-state index in [1.807, 2.05) is 6.92 Å². The zero-order valence-corrected chi connectivity index (χ0v) is 13.0. The summed E-state index contributed by atoms with van der Waals surface area (Å²) in [7, 11) is 0. The van der Waals surface area contributed by atoms with E-state index in [4.69, 9.17) is 4.74 Å². The maximum atomic E-state index is 13.1. The molecule has 0 spiro atoms. The van der Waals surface area contributed by atoms with Gasteiger partial charge < -0.3 is 10.1 Å². The van der Waals surface area contributed by atoms with Crippen molar-refractivity contribution < 1.29 is 17.9 Å². The van der Waals surface area contributed by atoms with Gasteiger partial charge in [0.25, 0.3) is 0 Å². The molecule has 1 aliphatic carbocycles. The van der Waals surface area contributed by atoms with E-state index in [-0.39, 0.29) is 23.6 Å². The molecule has 6 nitrogen and oxygen atoms in total. The predicted molar refractivity (Wildman–Crippen MR) is 79.1 cm³/mol. The molecular weight excluding hydrogens is 323 g/mol. The monoisotopic (exact) mass is 339 g/mol. The summed E-state index contributed by atoms with van der Waals surface area (Å²) in [6, 6.07) is 0.204. The van der Waals surface area contributed by atoms with Gasteiger partial charge in [-0.2, -0.15) is 18.3 Å². The average Bonchev–Trinajstić information content (AvgIpc) is 3.22. The number of hydrogen-bond donors (Lipinski definition) is 1. The lowest BCUT2D eigenvalue weighted by atomic mass is 10.1. The second-order valence-corrected chi connectivity index (χ2v) is 6.19. The maximum absolute atomic E-state index is 13.1. The molecule has 1 saturated heterocycles. The van der Waals surface area contributed by atoms with E-state index in [9.17, 15) is 13.2 Å². The molecule has 4 rings (SSSR count). The highest BCUT2D eigenvalue weighted by Gasteiger charge is 2.40. The number of halogens is 3. The van der Waals surface area contributed by atoms with Crippen LogP contribution in [0.3, 0.4) is 0 Å². The Bertz CT molecular complexity index is 765. The summed E-state index contributed by atoms with van der Waals surface area (Å²) in [5.41, 5.74) is 0.758. The van der Waals surface area contributed by atoms with Crippen LogP contribution in [0.4, 0.5) is 24.8 Å². The lowest BCUT2D eigenvalue weighted by Crippen LogP contribution is -2.30. The van der Waals surface area contributed by atoms with Crippen LogP contribution in [0.2, 0.25) is 0 Å². The molecule has 2 aromatic rings. The summed E-state index contributed by atoms with van der Waals surface area (Å²) in [5, 5.41) is 7.38. The fourth-order valence-corrected chi connectivity index (χ4v) is 2.63. The molecule has 0 amide bonds. The lowest BCUT2D eigenvalue weighted by Gasteiger charge is -2.25. The van der Waals surface area contributed by atoms with Crippen LogP contribution >= 0.6 is 0 Å². The van der Waals surface area contributed by atoms with Crippen molar-refractivity contribution in [2.75, 3.05) is 18.5 Å². The number of alkyl halides is 3. The van der Waals surface area contributed by atoms with Crippen molar-refractivity contribution in [3.05, 3.63) is 29.3 Å². The minimum Gasteiger partial charge on any atom is -0.377 e. The molecule has 2 aromatic heterocycles. The Balaban J connectivity index is 1.61. The first-order valence-electron chi connectivity index (χ1n) is 7.76. The molecule has 0 radical (unpaired) electrons. The summed E-state index contributed by atoms with van der Waals surface area (Å²) < 4.78 is 46.2. The quantitative estimate of drug-likeness (QED) is 0.927. The first kappa shape index (κ1) is 15.4. The number of nitrogens with one attached hydrogen (secondary N) is 1. The van der Waals surface area contributed by atoms with E-state index < -0.39 is 11.7 Å². The lowest BCUT2D eigenvalue weighted by molar-refractivity contribution is -0.138. The van der Waals surface area contributed by atoms with E-state index in [1.165, 1.54) is 0 Å². The number of ether oxygens (including phenoxy) is 1. The second-order valence-electron chi connectivity index (χ2n) is 6.19. The molecule has 1 N–H and O–H groups in total. The number of rotatable bonds is 4. The van der Waals surface area contributed by atoms with Gasteiger partial charge in [0.05, 0.1) is 41.9 Å². The molecule has 0 aromatic carbocycles. The fourth-order valence-electron chi connectivity index (χ4n) is 2.63. The van der Waals surface area contributed by atoms with Crippen LogP contribution < -0.4 is 5.32 Å². The molecule has 2 aliphatic rings. The molecule has 0 bridgehead atoms. The van der Waals surface area contributed by atoms with E-state index in [0.29, 0.717) is 18.9 Å². The Hall–Kier alpha value is -2.16. The normalized spacial score (nSPS) is 18.5. The van der Waals surface area contributed by atoms with Gasteiger partial charge in [0.2, 0.25) is 5.95 Å². The molecule has 128 valence electrons. The third-order valence-corrected chi connectivity index (χ3v) is 4.25. The molecule has 0 atom stereocenters. The van der Waals surface area contributed by atoms with Crippen LogP contribution in [0, 0.1) is 6.92 Å². The summed E-state index contributed by atoms with van der Waals surface area (Å²) in [6.45, 7) is 3.05. The van der Waals surface area contributed by atoms with Gasteiger partial charge >= 0.3 is 6.18 Å². The highest BCUT2D eigenvalue weighted by Crippen LogP contribution is 2.45. The number of anilines is 2. The zero-order chi connectivity index (χ0) is 16.9. The van der Waals surface area contributed by atoms with Gasteiger partial charge in [-0.15, -0.1) is 0 Å². The highest BCUT2D eigenvalue weighted by atomic mass is 19.4. The summed E-state index contributed by atoms with van der Waals surface area (Å²) >= 11 is 0. The number of nitrogens with zero attached hydrogens (tertiary/aromatic N) is 4. The van der Waals surface area contributed by atoms with E-state index in [2.05, 4.69) is 20.4 Å². The number of aromatic nitrogens is 4. The third-order valence-electron chi connectivity index (χ3n) is 4.25. The molecule has 3 heterocycles. The van der Waals surface area contributed by atoms with Crippen LogP contribution in [0.5, 0.6) is 0 Å². The van der Waals surface area contributed by atoms with Crippen molar-refractivity contribution in [1.29, 1.82) is 0 Å². The first-order valence-corrected chi connectivity index (χ1v) is 7.76. The van der Waals surface area contributed by atoms with Gasteiger partial charge in [0.1, 0.15) is 0 Å². The fraction of sp³-hybridized carbons (Fsp3) is 0.533. The van der Waals surface area contributed by atoms with Gasteiger partial charge in [0.15, 0.2) is 0 Å². The number of hydrogen-bond acceptors (Lipinski definition) is 5. The van der Waals surface area contributed by atoms with Crippen LogP contribution in [0.25, 0.3) is 0 Å². The second kappa shape index (κ2) is 5.44. The Morgan fingerprint density at radius 3 is 2.62 bits per heavy atom. The Labute approximate surface area is 136 Å². The summed E-state index contributed by atoms with van der Waals surface area (Å²) in [4.78, 5) is 7.96. The van der Waals surface area contributed by atoms with Crippen molar-refractivity contribution in [3.63, 3.8) is 0 Å². The van der Waals surface area contributed by atoms with E-state index in [1.54, 1.807) is 10.9 Å². The zero-order valence-electron chi connectivity index (χ0n) is 13.0. The van der Waals surface area contributed by atoms with Gasteiger partial charge in [-0.05, 0) is 19.8 Å². The molecular formula is C15H16F3N5O. The molecule has 24 heavy (non-hydrogen) atoms. The van der Waals surface area contributed by atoms with Crippen LogP contribution in [0.1, 0.15) is 41.8 Å². The highest BCUT2D eigenvalue weighted by molar-refractivity contribution is 5.55. The largest absolute Gasteiger partial charge is 0.419 e. The van der Waals surface area contributed by atoms with Gasteiger partial charge in [-0.3, -0.25) is 4.68 Å². The van der Waals surface area contributed by atoms with Crippen molar-refractivity contribution >= 4 is 11.6 Å². The summed E-state index contributed by atoms with van der Waals surface area (Å²) in [6.07, 6.45) is -0.291. The Morgan fingerprint density at radius 1 is 1.29 bits per heavy atom. The van der Waals surface area contributed by atoms with Crippen molar-refractivity contribution in [2.24, 2.45) is 0 Å². The minimum absolute atomic E-state index is 0.0810. The van der Waals surface area contributed by atoms with Gasteiger partial charge in [-0.25, -0.2) is 9.97 Å². The molecule has 0 unspecified atom stereocenters. The Morgan fingerprint density at radius 2 is 2.04 bits per heavy atom. The van der Waals surface area contributed by atoms with Crippen LogP contribution in [0.15, 0.2) is 12.4 Å². The maximum Gasteiger partial charge on any atom is 0.419 e. The number of aryl methyl sites for hydroxylation is 1. The standard InChI is InChI=1S/C15H16F3N5O/c1-8-12(5-23(22-8)10-6-24-7-10)20-14-19-4-11(15(16,17)18)13(21-14)9-2-3-9/h4-5,9-10H,2-3,6-7H2,1H3,(H,19,20,21). The van der Waals surface area contributed by atoms with Gasteiger partial charge in [-0.1, -0.05) is 0 Å². The Kier molecular flexibility index (Phi) is 3.48. The van der Waals surface area contributed by atoms with Crippen molar-refractivity contribution in [3.8, 4) is 0 Å². The minimum atomic E-state index is -4.43. The smallest absolute Gasteiger partial charge is 0.377 e. The average molecular weight is 339 g/mol. The van der Waals surface area contributed by atoms with Crippen LogP contribution in [-0.4, -0.2) is 33.0 Å². The van der Waals surface area contributed by atoms with Crippen LogP contribution in [-0.2, 0) is 10.9 Å². The molecule has 9 heteroatoms. The third kappa shape index (κ3) is 2.83. The molecule has 1 aliphatic heterocycles. The summed E-state index contributed by atoms with van der Waals surface area (Å²) in [5.74, 6) is 0.0403. The topological polar surface area (TPSA) is 64.9 Å². The first-order chi connectivity index (χ1) is 11.4. The van der Waals surface area contributed by atoms with E-state index >= 15 is 0 Å². The van der Waals surface area contributed by atoms with Crippen molar-refractivity contribution in [1.82, 2.24) is 19.7 Å². The molecule has 2 fully saturated rings. The van der Waals surface area contributed by atoms with E-state index in [0.717, 1.165) is 24.7 Å². The van der Waals surface area contributed by atoms with Crippen molar-refractivity contribution in [2.45, 2.75) is 37.9 Å². The molecule has 1 saturated carbocycles. The van der Waals surface area contributed by atoms with Gasteiger partial charge in [0, 0.05) is 18.3 Å².